The summed E-state index contributed by atoms with van der Waals surface area (Å²) in [6.07, 6.45) is 1.88. The SMILES string of the molecule is CC(=O)c1ccc(-c2ccc(F)cc2)n(C2CC2)c1=O. The van der Waals surface area contributed by atoms with Crippen LogP contribution in [0.5, 0.6) is 0 Å². The summed E-state index contributed by atoms with van der Waals surface area (Å²) in [6, 6.07) is 9.52. The van der Waals surface area contributed by atoms with Crippen molar-refractivity contribution >= 4 is 5.78 Å². The van der Waals surface area contributed by atoms with E-state index >= 15 is 0 Å². The third-order valence-corrected chi connectivity index (χ3v) is 3.55. The fraction of sp³-hybridized carbons (Fsp3) is 0.250. The lowest BCUT2D eigenvalue weighted by molar-refractivity contribution is 0.101. The van der Waals surface area contributed by atoms with Crippen LogP contribution in [0.2, 0.25) is 0 Å². The number of nitrogens with zero attached hydrogens (tertiary/aromatic N) is 1. The Hall–Kier alpha value is -2.23. The third kappa shape index (κ3) is 2.18. The molecule has 0 atom stereocenters. The minimum absolute atomic E-state index is 0.154. The molecular formula is C16H14FNO2. The summed E-state index contributed by atoms with van der Waals surface area (Å²) in [5.74, 6) is -0.538. The molecule has 0 aliphatic heterocycles. The summed E-state index contributed by atoms with van der Waals surface area (Å²) in [4.78, 5) is 23.9. The molecule has 0 N–H and O–H groups in total. The van der Waals surface area contributed by atoms with Gasteiger partial charge in [-0.05, 0) is 61.7 Å². The van der Waals surface area contributed by atoms with Crippen molar-refractivity contribution in [2.45, 2.75) is 25.8 Å². The molecule has 0 radical (unpaired) electrons. The predicted molar refractivity (Wildman–Crippen MR) is 74.4 cm³/mol. The number of hydrogen-bond acceptors (Lipinski definition) is 2. The molecule has 0 unspecified atom stereocenters. The van der Waals surface area contributed by atoms with Gasteiger partial charge in [0, 0.05) is 6.04 Å². The van der Waals surface area contributed by atoms with Crippen molar-refractivity contribution in [2.75, 3.05) is 0 Å². The minimum Gasteiger partial charge on any atom is -0.305 e. The van der Waals surface area contributed by atoms with Crippen molar-refractivity contribution in [3.63, 3.8) is 0 Å². The highest BCUT2D eigenvalue weighted by atomic mass is 19.1. The standard InChI is InChI=1S/C16H14FNO2/c1-10(19)14-8-9-15(11-2-4-12(17)5-3-11)18(16(14)20)13-6-7-13/h2-5,8-9,13H,6-7H2,1H3. The Bertz CT molecular complexity index is 727. The number of pyridine rings is 1. The number of ketones is 1. The molecule has 2 aromatic rings. The van der Waals surface area contributed by atoms with Gasteiger partial charge < -0.3 is 4.57 Å². The molecule has 4 heteroatoms. The lowest BCUT2D eigenvalue weighted by atomic mass is 10.1. The van der Waals surface area contributed by atoms with Gasteiger partial charge in [-0.3, -0.25) is 9.59 Å². The van der Waals surface area contributed by atoms with Crippen LogP contribution in [0.15, 0.2) is 41.2 Å². The molecule has 20 heavy (non-hydrogen) atoms. The van der Waals surface area contributed by atoms with Crippen molar-refractivity contribution in [3.05, 3.63) is 58.1 Å². The largest absolute Gasteiger partial charge is 0.305 e. The maximum atomic E-state index is 13.0. The maximum Gasteiger partial charge on any atom is 0.262 e. The lowest BCUT2D eigenvalue weighted by Gasteiger charge is -2.13. The zero-order valence-electron chi connectivity index (χ0n) is 11.1. The van der Waals surface area contributed by atoms with E-state index in [0.717, 1.165) is 24.1 Å². The molecule has 102 valence electrons. The fourth-order valence-electron chi connectivity index (χ4n) is 2.37. The lowest BCUT2D eigenvalue weighted by Crippen LogP contribution is -2.26. The van der Waals surface area contributed by atoms with Crippen LogP contribution in [-0.4, -0.2) is 10.4 Å². The van der Waals surface area contributed by atoms with E-state index in [0.29, 0.717) is 0 Å². The van der Waals surface area contributed by atoms with Gasteiger partial charge in [0.25, 0.3) is 5.56 Å². The number of hydrogen-bond donors (Lipinski definition) is 0. The molecule has 1 fully saturated rings. The van der Waals surface area contributed by atoms with E-state index in [-0.39, 0.29) is 28.8 Å². The molecule has 0 bridgehead atoms. The normalized spacial score (nSPS) is 14.3. The highest BCUT2D eigenvalue weighted by Crippen LogP contribution is 2.37. The van der Waals surface area contributed by atoms with Gasteiger partial charge in [-0.25, -0.2) is 4.39 Å². The van der Waals surface area contributed by atoms with Crippen LogP contribution in [0.4, 0.5) is 4.39 Å². The molecule has 1 aromatic carbocycles. The number of benzene rings is 1. The number of halogens is 1. The molecule has 3 nitrogen and oxygen atoms in total. The molecule has 0 saturated heterocycles. The second-order valence-corrected chi connectivity index (χ2v) is 5.10. The summed E-state index contributed by atoms with van der Waals surface area (Å²) in [6.45, 7) is 1.39. The third-order valence-electron chi connectivity index (χ3n) is 3.55. The highest BCUT2D eigenvalue weighted by Gasteiger charge is 2.28. The smallest absolute Gasteiger partial charge is 0.262 e. The van der Waals surface area contributed by atoms with Gasteiger partial charge in [0.05, 0.1) is 11.3 Å². The number of carbonyl (C=O) groups excluding carboxylic acids is 1. The van der Waals surface area contributed by atoms with E-state index in [2.05, 4.69) is 0 Å². The van der Waals surface area contributed by atoms with Gasteiger partial charge >= 0.3 is 0 Å². The van der Waals surface area contributed by atoms with Crippen molar-refractivity contribution < 1.29 is 9.18 Å². The number of rotatable bonds is 3. The van der Waals surface area contributed by atoms with Crippen LogP contribution in [0.25, 0.3) is 11.3 Å². The Labute approximate surface area is 115 Å². The Morgan fingerprint density at radius 3 is 2.35 bits per heavy atom. The molecule has 1 aliphatic carbocycles. The first-order valence-corrected chi connectivity index (χ1v) is 6.60. The number of carbonyl (C=O) groups is 1. The van der Waals surface area contributed by atoms with E-state index in [1.807, 2.05) is 0 Å². The highest BCUT2D eigenvalue weighted by molar-refractivity contribution is 5.94. The van der Waals surface area contributed by atoms with Gasteiger partial charge in [0.1, 0.15) is 5.82 Å². The van der Waals surface area contributed by atoms with Crippen LogP contribution in [0.3, 0.4) is 0 Å². The molecule has 3 rings (SSSR count). The molecular weight excluding hydrogens is 257 g/mol. The summed E-state index contributed by atoms with van der Waals surface area (Å²) in [5.41, 5.74) is 1.48. The van der Waals surface area contributed by atoms with Crippen molar-refractivity contribution in [3.8, 4) is 11.3 Å². The zero-order chi connectivity index (χ0) is 14.3. The first-order valence-electron chi connectivity index (χ1n) is 6.60. The predicted octanol–water partition coefficient (Wildman–Crippen LogP) is 3.19. The summed E-state index contributed by atoms with van der Waals surface area (Å²) >= 11 is 0. The van der Waals surface area contributed by atoms with Gasteiger partial charge in [-0.15, -0.1) is 0 Å². The molecule has 0 amide bonds. The van der Waals surface area contributed by atoms with Crippen LogP contribution < -0.4 is 5.56 Å². The van der Waals surface area contributed by atoms with Crippen LogP contribution in [0.1, 0.15) is 36.2 Å². The monoisotopic (exact) mass is 271 g/mol. The van der Waals surface area contributed by atoms with Crippen molar-refractivity contribution in [2.24, 2.45) is 0 Å². The summed E-state index contributed by atoms with van der Waals surface area (Å²) in [5, 5.41) is 0. The van der Waals surface area contributed by atoms with Gasteiger partial charge in [-0.2, -0.15) is 0 Å². The van der Waals surface area contributed by atoms with Gasteiger partial charge in [0.15, 0.2) is 5.78 Å². The van der Waals surface area contributed by atoms with E-state index in [1.54, 1.807) is 28.8 Å². The number of Topliss-reactive ketones (excluding diaryl/α,β-unsaturated/α-hetero) is 1. The van der Waals surface area contributed by atoms with Crippen molar-refractivity contribution in [1.82, 2.24) is 4.57 Å². The molecule has 1 aliphatic rings. The summed E-state index contributed by atoms with van der Waals surface area (Å²) < 4.78 is 14.7. The molecule has 1 heterocycles. The average Bonchev–Trinajstić information content (AvgIpc) is 3.23. The van der Waals surface area contributed by atoms with Gasteiger partial charge in [0.2, 0.25) is 0 Å². The Morgan fingerprint density at radius 1 is 1.15 bits per heavy atom. The average molecular weight is 271 g/mol. The quantitative estimate of drug-likeness (QED) is 0.804. The van der Waals surface area contributed by atoms with E-state index < -0.39 is 0 Å². The summed E-state index contributed by atoms with van der Waals surface area (Å²) in [7, 11) is 0. The molecule has 0 spiro atoms. The first-order chi connectivity index (χ1) is 9.58. The Morgan fingerprint density at radius 2 is 1.80 bits per heavy atom. The Balaban J connectivity index is 2.21. The van der Waals surface area contributed by atoms with Crippen molar-refractivity contribution in [1.29, 1.82) is 0 Å². The number of aromatic nitrogens is 1. The van der Waals surface area contributed by atoms with E-state index in [4.69, 9.17) is 0 Å². The zero-order valence-corrected chi connectivity index (χ0v) is 11.1. The topological polar surface area (TPSA) is 39.1 Å². The second kappa shape index (κ2) is 4.71. The molecule has 1 aromatic heterocycles. The Kier molecular flexibility index (Phi) is 3.01. The second-order valence-electron chi connectivity index (χ2n) is 5.10. The van der Waals surface area contributed by atoms with Crippen LogP contribution in [-0.2, 0) is 0 Å². The fourth-order valence-corrected chi connectivity index (χ4v) is 2.37. The minimum atomic E-state index is -0.311. The van der Waals surface area contributed by atoms with E-state index in [9.17, 15) is 14.0 Å². The maximum absolute atomic E-state index is 13.0. The first kappa shape index (κ1) is 12.8. The van der Waals surface area contributed by atoms with Gasteiger partial charge in [-0.1, -0.05) is 0 Å². The molecule has 1 saturated carbocycles. The van der Waals surface area contributed by atoms with Crippen LogP contribution in [0, 0.1) is 5.82 Å². The van der Waals surface area contributed by atoms with Crippen LogP contribution >= 0.6 is 0 Å². The van der Waals surface area contributed by atoms with E-state index in [1.165, 1.54) is 19.1 Å².